The second-order valence-electron chi connectivity index (χ2n) is 12.6. The molecule has 4 heteroatoms. The van der Waals surface area contributed by atoms with Crippen LogP contribution in [0.4, 0.5) is 0 Å². The average Bonchev–Trinajstić information content (AvgIpc) is 3.20. The highest BCUT2D eigenvalue weighted by molar-refractivity contribution is 5.76. The summed E-state index contributed by atoms with van der Waals surface area (Å²) in [5.74, 6) is 8.90. The molecule has 3 fully saturated rings. The van der Waals surface area contributed by atoms with Crippen LogP contribution in [0.5, 0.6) is 0 Å². The number of allylic oxidation sites excluding steroid dienone is 1. The molecule has 3 aliphatic rings. The summed E-state index contributed by atoms with van der Waals surface area (Å²) < 4.78 is 0. The number of nitrogens with one attached hydrogen (secondary N) is 2. The Balaban J connectivity index is 1.72. The van der Waals surface area contributed by atoms with Gasteiger partial charge in [-0.25, -0.2) is 0 Å². The Morgan fingerprint density at radius 1 is 0.972 bits per heavy atom. The molecule has 0 aliphatic heterocycles. The van der Waals surface area contributed by atoms with E-state index in [2.05, 4.69) is 56.7 Å². The van der Waals surface area contributed by atoms with Crippen molar-refractivity contribution in [2.24, 2.45) is 46.3 Å². The molecule has 4 nitrogen and oxygen atoms in total. The number of hydrogen-bond acceptors (Lipinski definition) is 2. The maximum absolute atomic E-state index is 12.5. The van der Waals surface area contributed by atoms with E-state index in [0.717, 1.165) is 18.8 Å². The smallest absolute Gasteiger partial charge is 0.220 e. The van der Waals surface area contributed by atoms with Gasteiger partial charge in [0.15, 0.2) is 0 Å². The minimum Gasteiger partial charge on any atom is -0.345 e. The molecule has 3 saturated carbocycles. The summed E-state index contributed by atoms with van der Waals surface area (Å²) in [5.41, 5.74) is 1.72. The number of carbonyl (C=O) groups is 2. The van der Waals surface area contributed by atoms with Gasteiger partial charge >= 0.3 is 0 Å². The molecular formula is C32H48N2O2. The topological polar surface area (TPSA) is 58.2 Å². The first kappa shape index (κ1) is 28.4. The Morgan fingerprint density at radius 2 is 1.61 bits per heavy atom. The Bertz CT molecular complexity index is 910. The molecule has 3 aliphatic carbocycles. The first-order valence-corrected chi connectivity index (χ1v) is 14.1. The minimum atomic E-state index is 0.0680. The van der Waals surface area contributed by atoms with Crippen LogP contribution in [0.1, 0.15) is 91.9 Å². The van der Waals surface area contributed by atoms with Crippen molar-refractivity contribution in [1.29, 1.82) is 0 Å². The molecule has 0 saturated heterocycles. The molecule has 0 spiro atoms. The van der Waals surface area contributed by atoms with Crippen LogP contribution in [0, 0.1) is 71.0 Å². The van der Waals surface area contributed by atoms with Crippen LogP contribution in [0.25, 0.3) is 0 Å². The van der Waals surface area contributed by atoms with Crippen molar-refractivity contribution >= 4 is 11.8 Å². The number of amides is 2. The largest absolute Gasteiger partial charge is 0.345 e. The highest BCUT2D eigenvalue weighted by Gasteiger charge is 2.59. The van der Waals surface area contributed by atoms with E-state index in [4.69, 9.17) is 12.8 Å². The molecule has 0 heterocycles. The van der Waals surface area contributed by atoms with Gasteiger partial charge in [-0.3, -0.25) is 9.59 Å². The number of carbonyl (C=O) groups excluding carboxylic acids is 2. The van der Waals surface area contributed by atoms with Crippen LogP contribution in [0.3, 0.4) is 0 Å². The molecule has 198 valence electrons. The molecule has 0 aromatic carbocycles. The van der Waals surface area contributed by atoms with Gasteiger partial charge in [-0.05, 0) is 105 Å². The van der Waals surface area contributed by atoms with Crippen molar-refractivity contribution < 1.29 is 9.59 Å². The van der Waals surface area contributed by atoms with Crippen LogP contribution >= 0.6 is 0 Å². The molecule has 0 aromatic heterocycles. The quantitative estimate of drug-likeness (QED) is 0.302. The van der Waals surface area contributed by atoms with E-state index in [0.29, 0.717) is 60.9 Å². The summed E-state index contributed by atoms with van der Waals surface area (Å²) in [4.78, 5) is 24.6. The van der Waals surface area contributed by atoms with E-state index in [1.54, 1.807) is 0 Å². The van der Waals surface area contributed by atoms with Gasteiger partial charge in [-0.15, -0.1) is 12.8 Å². The van der Waals surface area contributed by atoms with E-state index in [1.807, 2.05) is 0 Å². The first-order valence-electron chi connectivity index (χ1n) is 14.1. The number of hydrogen-bond donors (Lipinski definition) is 2. The maximum atomic E-state index is 12.5. The summed E-state index contributed by atoms with van der Waals surface area (Å²) in [7, 11) is 0. The van der Waals surface area contributed by atoms with Crippen LogP contribution in [-0.4, -0.2) is 24.9 Å². The van der Waals surface area contributed by atoms with Gasteiger partial charge in [0, 0.05) is 12.8 Å². The summed E-state index contributed by atoms with van der Waals surface area (Å²) >= 11 is 0. The third-order valence-electron chi connectivity index (χ3n) is 10.7. The lowest BCUT2D eigenvalue weighted by atomic mass is 9.45. The summed E-state index contributed by atoms with van der Waals surface area (Å²) in [6.45, 7) is 14.5. The van der Waals surface area contributed by atoms with Crippen molar-refractivity contribution in [3.63, 3.8) is 0 Å². The molecule has 0 aromatic rings. The molecule has 3 rings (SSSR count). The number of fused-ring (bicyclic) bond motifs is 3. The average molecular weight is 493 g/mol. The minimum absolute atomic E-state index is 0.0680. The van der Waals surface area contributed by atoms with E-state index in [9.17, 15) is 9.59 Å². The molecule has 1 unspecified atom stereocenters. The van der Waals surface area contributed by atoms with Gasteiger partial charge in [-0.2, -0.15) is 0 Å². The lowest BCUT2D eigenvalue weighted by molar-refractivity contribution is -0.124. The van der Waals surface area contributed by atoms with E-state index in [1.165, 1.54) is 44.1 Å². The number of rotatable bonds is 10. The lowest BCUT2D eigenvalue weighted by Crippen LogP contribution is -2.52. The molecule has 8 atom stereocenters. The molecular weight excluding hydrogens is 444 g/mol. The second-order valence-corrected chi connectivity index (χ2v) is 12.6. The maximum Gasteiger partial charge on any atom is 0.220 e. The van der Waals surface area contributed by atoms with Gasteiger partial charge in [0.2, 0.25) is 11.8 Å². The Hall–Kier alpha value is -2.20. The van der Waals surface area contributed by atoms with Crippen molar-refractivity contribution in [3.05, 3.63) is 12.2 Å². The standard InChI is InChI=1S/C32H48N2O2/c1-8-20-33-29(35)15-10-23(5)26-13-14-27-24-11-12-25(22(3)4)31(6,19-17-30(36)34-21-9-2)28(24)16-18-32(26,27)7/h1-2,23-28H,3,10-21H2,4-7H3,(H,33,35)(H,34,36)/t23-,24+,25?,26-,27+,28+,31+,32-/m1/s1. The molecule has 0 bridgehead atoms. The van der Waals surface area contributed by atoms with E-state index >= 15 is 0 Å². The summed E-state index contributed by atoms with van der Waals surface area (Å²) in [5, 5.41) is 5.68. The summed E-state index contributed by atoms with van der Waals surface area (Å²) in [6.07, 6.45) is 21.0. The van der Waals surface area contributed by atoms with Gasteiger partial charge in [0.25, 0.3) is 0 Å². The van der Waals surface area contributed by atoms with Gasteiger partial charge in [0.1, 0.15) is 0 Å². The van der Waals surface area contributed by atoms with E-state index in [-0.39, 0.29) is 17.2 Å². The fraction of sp³-hybridized carbons (Fsp3) is 0.750. The van der Waals surface area contributed by atoms with Crippen molar-refractivity contribution in [2.75, 3.05) is 13.1 Å². The lowest BCUT2D eigenvalue weighted by Gasteiger charge is -2.60. The predicted octanol–water partition coefficient (Wildman–Crippen LogP) is 5.73. The zero-order chi connectivity index (χ0) is 26.5. The monoisotopic (exact) mass is 492 g/mol. The second kappa shape index (κ2) is 11.9. The Morgan fingerprint density at radius 3 is 2.22 bits per heavy atom. The van der Waals surface area contributed by atoms with Crippen LogP contribution < -0.4 is 10.6 Å². The Kier molecular flexibility index (Phi) is 9.38. The molecule has 2 N–H and O–H groups in total. The van der Waals surface area contributed by atoms with E-state index < -0.39 is 0 Å². The molecule has 0 radical (unpaired) electrons. The van der Waals surface area contributed by atoms with Crippen molar-refractivity contribution in [1.82, 2.24) is 10.6 Å². The summed E-state index contributed by atoms with van der Waals surface area (Å²) in [6, 6.07) is 0. The predicted molar refractivity (Wildman–Crippen MR) is 147 cm³/mol. The number of terminal acetylenes is 2. The zero-order valence-electron chi connectivity index (χ0n) is 23.1. The third kappa shape index (κ3) is 5.69. The third-order valence-corrected chi connectivity index (χ3v) is 10.7. The van der Waals surface area contributed by atoms with Crippen molar-refractivity contribution in [3.8, 4) is 24.7 Å². The fourth-order valence-corrected chi connectivity index (χ4v) is 9.02. The van der Waals surface area contributed by atoms with Gasteiger partial charge in [0.05, 0.1) is 13.1 Å². The first-order chi connectivity index (χ1) is 17.1. The van der Waals surface area contributed by atoms with Crippen molar-refractivity contribution in [2.45, 2.75) is 91.9 Å². The molecule has 36 heavy (non-hydrogen) atoms. The van der Waals surface area contributed by atoms with Gasteiger partial charge < -0.3 is 10.6 Å². The fourth-order valence-electron chi connectivity index (χ4n) is 9.02. The van der Waals surface area contributed by atoms with Crippen LogP contribution in [0.2, 0.25) is 0 Å². The normalized spacial score (nSPS) is 35.9. The highest BCUT2D eigenvalue weighted by atomic mass is 16.2. The van der Waals surface area contributed by atoms with Crippen LogP contribution in [0.15, 0.2) is 12.2 Å². The van der Waals surface area contributed by atoms with Crippen LogP contribution in [-0.2, 0) is 9.59 Å². The molecule has 2 amide bonds. The highest BCUT2D eigenvalue weighted by Crippen LogP contribution is 2.67. The van der Waals surface area contributed by atoms with Gasteiger partial charge in [-0.1, -0.05) is 44.8 Å². The zero-order valence-corrected chi connectivity index (χ0v) is 23.1. The Labute approximate surface area is 220 Å². The SMILES string of the molecule is C#CCNC(=O)CC[C@@H](C)[C@H]1CC[C@H]2[C@@H]3CCC(C(=C)C)[C@](C)(CCC(=O)NCC#C)[C@H]3CC[C@]12C.